The number of nitrogens with one attached hydrogen (secondary N) is 3. The lowest BCUT2D eigenvalue weighted by molar-refractivity contribution is -0.140. The molecule has 0 unspecified atom stereocenters. The summed E-state index contributed by atoms with van der Waals surface area (Å²) in [5.74, 6) is -4.06. The molecule has 1 aliphatic rings. The normalized spacial score (nSPS) is 16.3. The molecular weight excluding hydrogens is 654 g/mol. The number of hydrogen-bond donors (Lipinski definition) is 6. The van der Waals surface area contributed by atoms with Crippen molar-refractivity contribution in [3.8, 4) is 0 Å². The molecule has 19 nitrogen and oxygen atoms in total. The molecule has 0 aromatic rings. The second-order valence-corrected chi connectivity index (χ2v) is 14.3. The van der Waals surface area contributed by atoms with Crippen LogP contribution in [0.25, 0.3) is 0 Å². The highest BCUT2D eigenvalue weighted by atomic mass is 28.4. The summed E-state index contributed by atoms with van der Waals surface area (Å²) in [6.07, 6.45) is 0.573. The quantitative estimate of drug-likeness (QED) is 0.0510. The highest BCUT2D eigenvalue weighted by molar-refractivity contribution is 6.60. The first kappa shape index (κ1) is 42.8. The molecule has 20 heteroatoms. The van der Waals surface area contributed by atoms with Gasteiger partial charge in [0, 0.05) is 112 Å². The second-order valence-electron chi connectivity index (χ2n) is 11.2. The van der Waals surface area contributed by atoms with E-state index in [4.69, 9.17) is 13.3 Å². The van der Waals surface area contributed by atoms with E-state index in [0.29, 0.717) is 45.2 Å². The number of carboxylic acids is 3. The minimum absolute atomic E-state index is 0.00391. The van der Waals surface area contributed by atoms with E-state index in [0.717, 1.165) is 0 Å². The van der Waals surface area contributed by atoms with Crippen LogP contribution in [0.4, 0.5) is 0 Å². The van der Waals surface area contributed by atoms with Gasteiger partial charge in [0.2, 0.25) is 17.7 Å². The van der Waals surface area contributed by atoms with Crippen LogP contribution in [0.2, 0.25) is 6.04 Å². The Morgan fingerprint density at radius 1 is 0.521 bits per heavy atom. The minimum atomic E-state index is -2.71. The van der Waals surface area contributed by atoms with E-state index in [1.807, 2.05) is 0 Å². The topological polar surface area (TPSA) is 240 Å². The molecule has 1 saturated heterocycles. The summed E-state index contributed by atoms with van der Waals surface area (Å²) in [6, 6.07) is 0.530. The van der Waals surface area contributed by atoms with Crippen molar-refractivity contribution in [1.29, 1.82) is 0 Å². The number of rotatable bonds is 21. The Kier molecular flexibility index (Phi) is 21.4. The van der Waals surface area contributed by atoms with Gasteiger partial charge in [0.25, 0.3) is 0 Å². The largest absolute Gasteiger partial charge is 0.500 e. The van der Waals surface area contributed by atoms with Gasteiger partial charge in [-0.3, -0.25) is 48.4 Å². The second kappa shape index (κ2) is 24.0. The van der Waals surface area contributed by atoms with Crippen molar-refractivity contribution in [2.45, 2.75) is 25.3 Å². The first-order valence-electron chi connectivity index (χ1n) is 15.8. The summed E-state index contributed by atoms with van der Waals surface area (Å²) in [5, 5.41) is 36.1. The van der Waals surface area contributed by atoms with Crippen molar-refractivity contribution < 1.29 is 57.4 Å². The van der Waals surface area contributed by atoms with Crippen LogP contribution >= 0.6 is 0 Å². The molecule has 1 rings (SSSR count). The molecule has 0 saturated carbocycles. The third-order valence-corrected chi connectivity index (χ3v) is 10.5. The fraction of sp³-hybridized carbons (Fsp3) is 0.786. The van der Waals surface area contributed by atoms with Crippen molar-refractivity contribution in [2.75, 3.05) is 120 Å². The number of aliphatic carboxylic acids is 3. The molecule has 0 spiro atoms. The third kappa shape index (κ3) is 19.5. The maximum atomic E-state index is 12.7. The first-order valence-corrected chi connectivity index (χ1v) is 17.7. The Morgan fingerprint density at radius 3 is 1.17 bits per heavy atom. The van der Waals surface area contributed by atoms with Gasteiger partial charge in [0.05, 0.1) is 26.2 Å². The van der Waals surface area contributed by atoms with Gasteiger partial charge in [0.15, 0.2) is 0 Å². The zero-order valence-electron chi connectivity index (χ0n) is 28.2. The van der Waals surface area contributed by atoms with Crippen molar-refractivity contribution in [3.05, 3.63) is 0 Å². The molecule has 6 N–H and O–H groups in total. The molecule has 3 amide bonds. The van der Waals surface area contributed by atoms with Gasteiger partial charge in [-0.15, -0.1) is 0 Å². The molecule has 0 bridgehead atoms. The summed E-state index contributed by atoms with van der Waals surface area (Å²) >= 11 is 0. The van der Waals surface area contributed by atoms with E-state index < -0.39 is 26.7 Å². The lowest BCUT2D eigenvalue weighted by Gasteiger charge is -2.32. The first-order chi connectivity index (χ1) is 22.8. The van der Waals surface area contributed by atoms with Crippen LogP contribution in [0, 0.1) is 0 Å². The lowest BCUT2D eigenvalue weighted by atomic mass is 10.2. The number of hydrogen-bond acceptors (Lipinski definition) is 13. The summed E-state index contributed by atoms with van der Waals surface area (Å²) in [5.41, 5.74) is 0. The van der Waals surface area contributed by atoms with E-state index in [2.05, 4.69) is 16.0 Å². The van der Waals surface area contributed by atoms with Crippen LogP contribution in [-0.2, 0) is 42.0 Å². The van der Waals surface area contributed by atoms with Crippen molar-refractivity contribution in [1.82, 2.24) is 35.6 Å². The third-order valence-electron chi connectivity index (χ3n) is 7.64. The number of nitrogens with zero attached hydrogens (tertiary/aromatic N) is 4. The number of carboxylic acid groups (broad SMARTS) is 3. The summed E-state index contributed by atoms with van der Waals surface area (Å²) in [6.45, 7) is 2.18. The number of carbonyl (C=O) groups is 6. The van der Waals surface area contributed by atoms with E-state index >= 15 is 0 Å². The number of amides is 3. The molecule has 0 radical (unpaired) electrons. The fourth-order valence-corrected chi connectivity index (χ4v) is 6.66. The Labute approximate surface area is 282 Å². The summed E-state index contributed by atoms with van der Waals surface area (Å²) < 4.78 is 16.0. The van der Waals surface area contributed by atoms with E-state index in [9.17, 15) is 44.1 Å². The minimum Gasteiger partial charge on any atom is -0.480 e. The van der Waals surface area contributed by atoms with Gasteiger partial charge in [-0.05, 0) is 6.42 Å². The molecule has 0 atom stereocenters. The average molecular weight is 708 g/mol. The van der Waals surface area contributed by atoms with Crippen LogP contribution in [-0.4, -0.2) is 199 Å². The Balaban J connectivity index is 2.54. The van der Waals surface area contributed by atoms with Gasteiger partial charge in [-0.2, -0.15) is 0 Å². The van der Waals surface area contributed by atoms with Gasteiger partial charge in [-0.25, -0.2) is 0 Å². The summed E-state index contributed by atoms with van der Waals surface area (Å²) in [7, 11) is 1.84. The van der Waals surface area contributed by atoms with Crippen LogP contribution in [0.15, 0.2) is 0 Å². The average Bonchev–Trinajstić information content (AvgIpc) is 3.03. The highest BCUT2D eigenvalue weighted by Crippen LogP contribution is 2.14. The van der Waals surface area contributed by atoms with Crippen molar-refractivity contribution in [3.63, 3.8) is 0 Å². The van der Waals surface area contributed by atoms with Gasteiger partial charge in [0.1, 0.15) is 0 Å². The molecule has 48 heavy (non-hydrogen) atoms. The monoisotopic (exact) mass is 707 g/mol. The SMILES string of the molecule is CO[Si](CCCNC(=O)CCC(=O)NCCNC(=O)CN1CCN(CC(=O)O)CCN(CC(=O)O)CCN(CC(=O)O)CC1)(OC)OC. The summed E-state index contributed by atoms with van der Waals surface area (Å²) in [4.78, 5) is 78.0. The van der Waals surface area contributed by atoms with Crippen molar-refractivity contribution >= 4 is 44.4 Å². The molecule has 0 aliphatic carbocycles. The predicted molar refractivity (Wildman–Crippen MR) is 173 cm³/mol. The fourth-order valence-electron chi connectivity index (χ4n) is 4.94. The van der Waals surface area contributed by atoms with E-state index in [1.54, 1.807) is 19.6 Å². The molecule has 0 aromatic heterocycles. The molecule has 1 aliphatic heterocycles. The zero-order valence-corrected chi connectivity index (χ0v) is 29.2. The molecule has 1 heterocycles. The molecule has 276 valence electrons. The highest BCUT2D eigenvalue weighted by Gasteiger charge is 2.36. The zero-order chi connectivity index (χ0) is 36.0. The van der Waals surface area contributed by atoms with Gasteiger partial charge >= 0.3 is 26.7 Å². The van der Waals surface area contributed by atoms with Crippen LogP contribution in [0.5, 0.6) is 0 Å². The van der Waals surface area contributed by atoms with Crippen LogP contribution < -0.4 is 16.0 Å². The predicted octanol–water partition coefficient (Wildman–Crippen LogP) is -3.14. The maximum Gasteiger partial charge on any atom is 0.500 e. The van der Waals surface area contributed by atoms with E-state index in [-0.39, 0.29) is 96.0 Å². The molecule has 1 fully saturated rings. The molecular formula is C28H53N7O12Si. The molecule has 0 aromatic carbocycles. The Hall–Kier alpha value is -3.24. The lowest BCUT2D eigenvalue weighted by Crippen LogP contribution is -2.50. The van der Waals surface area contributed by atoms with Gasteiger partial charge in [-0.1, -0.05) is 0 Å². The van der Waals surface area contributed by atoms with Crippen LogP contribution in [0.3, 0.4) is 0 Å². The smallest absolute Gasteiger partial charge is 0.480 e. The number of carbonyl (C=O) groups excluding carboxylic acids is 3. The van der Waals surface area contributed by atoms with E-state index in [1.165, 1.54) is 21.3 Å². The Morgan fingerprint density at radius 2 is 0.833 bits per heavy atom. The maximum absolute atomic E-state index is 12.7. The van der Waals surface area contributed by atoms with Gasteiger partial charge < -0.3 is 44.5 Å². The van der Waals surface area contributed by atoms with Crippen molar-refractivity contribution in [2.24, 2.45) is 0 Å². The van der Waals surface area contributed by atoms with Crippen LogP contribution in [0.1, 0.15) is 19.3 Å². The Bertz CT molecular complexity index is 997. The standard InChI is InChI=1S/C28H53N7O12Si/c1-45-48(46-2,47-3)18-4-7-29-23(36)5-6-24(37)30-8-9-31-25(38)19-32-10-12-33(20-26(39)40)14-16-35(22-28(43)44)17-15-34(13-11-32)21-27(41)42/h4-22H2,1-3H3,(H,29,36)(H,30,37)(H,31,38)(H,39,40)(H,41,42)(H,43,44).